The van der Waals surface area contributed by atoms with Crippen LogP contribution in [-0.2, 0) is 6.42 Å². The van der Waals surface area contributed by atoms with Crippen LogP contribution in [0, 0.1) is 11.7 Å². The van der Waals surface area contributed by atoms with E-state index in [1.807, 2.05) is 0 Å². The lowest BCUT2D eigenvalue weighted by Crippen LogP contribution is -2.42. The molecule has 1 saturated carbocycles. The van der Waals surface area contributed by atoms with Crippen LogP contribution in [0.2, 0.25) is 5.02 Å². The molecule has 1 aliphatic rings. The van der Waals surface area contributed by atoms with Gasteiger partial charge in [-0.15, -0.1) is 0 Å². The maximum Gasteiger partial charge on any atom is 0.391 e. The van der Waals surface area contributed by atoms with Gasteiger partial charge in [0.15, 0.2) is 0 Å². The van der Waals surface area contributed by atoms with E-state index in [1.165, 1.54) is 12.1 Å². The average Bonchev–Trinajstić information content (AvgIpc) is 2.32. The Morgan fingerprint density at radius 2 is 2.05 bits per heavy atom. The van der Waals surface area contributed by atoms with Crippen molar-refractivity contribution in [1.82, 2.24) is 0 Å². The molecule has 1 aliphatic carbocycles. The maximum atomic E-state index is 13.2. The van der Waals surface area contributed by atoms with Crippen molar-refractivity contribution in [3.8, 4) is 0 Å². The molecule has 1 aromatic rings. The van der Waals surface area contributed by atoms with E-state index in [1.54, 1.807) is 0 Å². The summed E-state index contributed by atoms with van der Waals surface area (Å²) in [6, 6.07) is 3.69. The lowest BCUT2D eigenvalue weighted by Gasteiger charge is -2.37. The van der Waals surface area contributed by atoms with E-state index in [0.717, 1.165) is 6.07 Å². The van der Waals surface area contributed by atoms with Gasteiger partial charge in [0, 0.05) is 11.4 Å². The van der Waals surface area contributed by atoms with Gasteiger partial charge >= 0.3 is 6.18 Å². The summed E-state index contributed by atoms with van der Waals surface area (Å²) >= 11 is 5.90. The maximum absolute atomic E-state index is 13.2. The molecule has 2 unspecified atom stereocenters. The highest BCUT2D eigenvalue weighted by molar-refractivity contribution is 6.31. The van der Waals surface area contributed by atoms with Gasteiger partial charge in [0.2, 0.25) is 0 Å². The SMILES string of the molecule is OC1(Cc2cc(F)ccc2Cl)CCCC(C(F)(F)F)C1. The largest absolute Gasteiger partial charge is 0.391 e. The van der Waals surface area contributed by atoms with E-state index in [0.29, 0.717) is 12.0 Å². The van der Waals surface area contributed by atoms with Crippen LogP contribution in [0.25, 0.3) is 0 Å². The number of rotatable bonds is 2. The zero-order chi connectivity index (χ0) is 15.0. The normalized spacial score (nSPS) is 27.6. The lowest BCUT2D eigenvalue weighted by molar-refractivity contribution is -0.200. The first kappa shape index (κ1) is 15.6. The van der Waals surface area contributed by atoms with Crippen LogP contribution in [0.1, 0.15) is 31.2 Å². The molecule has 2 rings (SSSR count). The highest BCUT2D eigenvalue weighted by Gasteiger charge is 2.47. The van der Waals surface area contributed by atoms with Crippen LogP contribution in [0.3, 0.4) is 0 Å². The van der Waals surface area contributed by atoms with E-state index in [2.05, 4.69) is 0 Å². The minimum atomic E-state index is -4.31. The summed E-state index contributed by atoms with van der Waals surface area (Å²) in [5.41, 5.74) is -1.13. The summed E-state index contributed by atoms with van der Waals surface area (Å²) in [5.74, 6) is -2.02. The van der Waals surface area contributed by atoms with Gasteiger partial charge in [-0.3, -0.25) is 0 Å². The first-order valence-corrected chi connectivity index (χ1v) is 6.80. The Labute approximate surface area is 119 Å². The van der Waals surface area contributed by atoms with Crippen molar-refractivity contribution in [2.75, 3.05) is 0 Å². The Balaban J connectivity index is 2.16. The third-order valence-electron chi connectivity index (χ3n) is 3.81. The van der Waals surface area contributed by atoms with Crippen LogP contribution in [-0.4, -0.2) is 16.9 Å². The molecule has 112 valence electrons. The quantitative estimate of drug-likeness (QED) is 0.797. The highest BCUT2D eigenvalue weighted by atomic mass is 35.5. The smallest absolute Gasteiger partial charge is 0.390 e. The molecule has 0 aromatic heterocycles. The van der Waals surface area contributed by atoms with Crippen molar-refractivity contribution >= 4 is 11.6 Å². The number of hydrogen-bond acceptors (Lipinski definition) is 1. The standard InChI is InChI=1S/C14H15ClF4O/c15-12-4-3-11(16)6-9(12)7-13(20)5-1-2-10(8-13)14(17,18)19/h3-4,6,10,20H,1-2,5,7-8H2. The van der Waals surface area contributed by atoms with Crippen LogP contribution >= 0.6 is 11.6 Å². The fraction of sp³-hybridized carbons (Fsp3) is 0.571. The molecule has 0 bridgehead atoms. The van der Waals surface area contributed by atoms with Gasteiger partial charge in [0.25, 0.3) is 0 Å². The Kier molecular flexibility index (Phi) is 4.30. The zero-order valence-electron chi connectivity index (χ0n) is 10.7. The van der Waals surface area contributed by atoms with Crippen LogP contribution in [0.4, 0.5) is 17.6 Å². The van der Waals surface area contributed by atoms with Crippen LogP contribution in [0.15, 0.2) is 18.2 Å². The first-order valence-electron chi connectivity index (χ1n) is 6.43. The molecule has 1 N–H and O–H groups in total. The lowest BCUT2D eigenvalue weighted by atomic mass is 9.75. The molecular formula is C14H15ClF4O. The monoisotopic (exact) mass is 310 g/mol. The van der Waals surface area contributed by atoms with Gasteiger partial charge < -0.3 is 5.11 Å². The summed E-state index contributed by atoms with van der Waals surface area (Å²) in [7, 11) is 0. The minimum absolute atomic E-state index is 0.0304. The van der Waals surface area contributed by atoms with Crippen molar-refractivity contribution in [3.05, 3.63) is 34.6 Å². The van der Waals surface area contributed by atoms with Gasteiger partial charge in [0.05, 0.1) is 11.5 Å². The topological polar surface area (TPSA) is 20.2 Å². The number of aliphatic hydroxyl groups is 1. The van der Waals surface area contributed by atoms with Gasteiger partial charge in [-0.05, 0) is 49.4 Å². The summed E-state index contributed by atoms with van der Waals surface area (Å²) in [4.78, 5) is 0. The Bertz CT molecular complexity index is 489. The van der Waals surface area contributed by atoms with Crippen molar-refractivity contribution in [2.45, 2.75) is 43.9 Å². The number of alkyl halides is 3. The third-order valence-corrected chi connectivity index (χ3v) is 4.18. The molecule has 0 radical (unpaired) electrons. The first-order chi connectivity index (χ1) is 9.20. The van der Waals surface area contributed by atoms with Gasteiger partial charge in [-0.1, -0.05) is 11.6 Å². The molecule has 1 fully saturated rings. The molecule has 6 heteroatoms. The summed E-state index contributed by atoms with van der Waals surface area (Å²) in [5, 5.41) is 10.7. The molecule has 20 heavy (non-hydrogen) atoms. The summed E-state index contributed by atoms with van der Waals surface area (Å²) < 4.78 is 51.5. The molecule has 0 heterocycles. The molecular weight excluding hydrogens is 296 g/mol. The van der Waals surface area contributed by atoms with Crippen molar-refractivity contribution < 1.29 is 22.7 Å². The Morgan fingerprint density at radius 3 is 2.70 bits per heavy atom. The number of halogens is 5. The van der Waals surface area contributed by atoms with Gasteiger partial charge in [-0.2, -0.15) is 13.2 Å². The predicted octanol–water partition coefficient (Wildman–Crippen LogP) is 4.51. The number of benzene rings is 1. The molecule has 0 amide bonds. The van der Waals surface area contributed by atoms with E-state index in [4.69, 9.17) is 11.6 Å². The van der Waals surface area contributed by atoms with Crippen LogP contribution in [0.5, 0.6) is 0 Å². The molecule has 2 atom stereocenters. The van der Waals surface area contributed by atoms with E-state index < -0.39 is 23.5 Å². The second-order valence-corrected chi connectivity index (χ2v) is 5.88. The molecule has 1 nitrogen and oxygen atoms in total. The minimum Gasteiger partial charge on any atom is -0.390 e. The summed E-state index contributed by atoms with van der Waals surface area (Å²) in [6.07, 6.45) is -4.12. The Hall–Kier alpha value is -0.810. The predicted molar refractivity (Wildman–Crippen MR) is 68.1 cm³/mol. The second kappa shape index (κ2) is 5.53. The fourth-order valence-electron chi connectivity index (χ4n) is 2.81. The third kappa shape index (κ3) is 3.64. The number of hydrogen-bond donors (Lipinski definition) is 1. The van der Waals surface area contributed by atoms with Gasteiger partial charge in [-0.25, -0.2) is 4.39 Å². The van der Waals surface area contributed by atoms with E-state index in [9.17, 15) is 22.7 Å². The molecule has 1 aromatic carbocycles. The van der Waals surface area contributed by atoms with Crippen molar-refractivity contribution in [1.29, 1.82) is 0 Å². The molecule has 0 spiro atoms. The fourth-order valence-corrected chi connectivity index (χ4v) is 3.00. The summed E-state index contributed by atoms with van der Waals surface area (Å²) in [6.45, 7) is 0. The van der Waals surface area contributed by atoms with Crippen molar-refractivity contribution in [3.63, 3.8) is 0 Å². The van der Waals surface area contributed by atoms with Crippen LogP contribution < -0.4 is 0 Å². The Morgan fingerprint density at radius 1 is 1.35 bits per heavy atom. The zero-order valence-corrected chi connectivity index (χ0v) is 11.4. The highest BCUT2D eigenvalue weighted by Crippen LogP contribution is 2.43. The second-order valence-electron chi connectivity index (χ2n) is 5.47. The average molecular weight is 311 g/mol. The molecule has 0 aliphatic heterocycles. The van der Waals surface area contributed by atoms with E-state index >= 15 is 0 Å². The van der Waals surface area contributed by atoms with E-state index in [-0.39, 0.29) is 30.7 Å². The molecule has 0 saturated heterocycles. The van der Waals surface area contributed by atoms with Crippen molar-refractivity contribution in [2.24, 2.45) is 5.92 Å². The van der Waals surface area contributed by atoms with Gasteiger partial charge in [0.1, 0.15) is 5.82 Å².